The predicted molar refractivity (Wildman–Crippen MR) is 138 cm³/mol. The normalized spacial score (nSPS) is 19.1. The van der Waals surface area contributed by atoms with Gasteiger partial charge in [0.1, 0.15) is 0 Å². The smallest absolute Gasteiger partial charge is 0.264 e. The maximum Gasteiger partial charge on any atom is 0.264 e. The molecule has 182 valence electrons. The molecule has 1 aromatic carbocycles. The second kappa shape index (κ2) is 9.04. The molecule has 0 spiro atoms. The van der Waals surface area contributed by atoms with Crippen LogP contribution in [0.4, 0.5) is 11.6 Å². The predicted octanol–water partition coefficient (Wildman–Crippen LogP) is 2.87. The molecular formula is C24H26N6O3S2. The van der Waals surface area contributed by atoms with Gasteiger partial charge in [0, 0.05) is 54.4 Å². The third kappa shape index (κ3) is 4.92. The van der Waals surface area contributed by atoms with Crippen LogP contribution >= 0.6 is 12.2 Å². The Kier molecular flexibility index (Phi) is 6.06. The Labute approximate surface area is 209 Å². The lowest BCUT2D eigenvalue weighted by molar-refractivity contribution is 0.180. The summed E-state index contributed by atoms with van der Waals surface area (Å²) >= 11 is 5.67. The van der Waals surface area contributed by atoms with E-state index in [2.05, 4.69) is 24.9 Å². The van der Waals surface area contributed by atoms with Crippen molar-refractivity contribution in [3.05, 3.63) is 76.0 Å². The number of anilines is 2. The summed E-state index contributed by atoms with van der Waals surface area (Å²) in [4.78, 5) is 22.8. The first-order valence-corrected chi connectivity index (χ1v) is 13.3. The van der Waals surface area contributed by atoms with Crippen molar-refractivity contribution in [2.24, 2.45) is 5.92 Å². The Balaban J connectivity index is 1.26. The molecule has 2 aliphatic rings. The van der Waals surface area contributed by atoms with Gasteiger partial charge in [-0.3, -0.25) is 4.79 Å². The molecule has 35 heavy (non-hydrogen) atoms. The summed E-state index contributed by atoms with van der Waals surface area (Å²) in [5.74, 6) is 0.653. The van der Waals surface area contributed by atoms with Crippen LogP contribution in [-0.4, -0.2) is 46.1 Å². The number of pyridine rings is 1. The molecule has 4 heterocycles. The summed E-state index contributed by atoms with van der Waals surface area (Å²) in [5.41, 5.74) is 3.18. The van der Waals surface area contributed by atoms with E-state index >= 15 is 0 Å². The Morgan fingerprint density at radius 1 is 1.03 bits per heavy atom. The minimum Gasteiger partial charge on any atom is -0.348 e. The van der Waals surface area contributed by atoms with E-state index in [9.17, 15) is 13.2 Å². The molecule has 3 aromatic rings. The van der Waals surface area contributed by atoms with E-state index in [1.54, 1.807) is 38.1 Å². The van der Waals surface area contributed by atoms with Gasteiger partial charge in [-0.05, 0) is 74.8 Å². The van der Waals surface area contributed by atoms with Crippen molar-refractivity contribution in [2.75, 3.05) is 23.1 Å². The van der Waals surface area contributed by atoms with Gasteiger partial charge in [-0.25, -0.2) is 23.1 Å². The third-order valence-electron chi connectivity index (χ3n) is 6.39. The number of rotatable bonds is 4. The van der Waals surface area contributed by atoms with E-state index in [0.29, 0.717) is 34.7 Å². The molecule has 2 bridgehead atoms. The summed E-state index contributed by atoms with van der Waals surface area (Å²) in [5, 5.41) is 3.82. The zero-order valence-electron chi connectivity index (χ0n) is 19.4. The van der Waals surface area contributed by atoms with E-state index in [1.165, 1.54) is 12.1 Å². The number of piperidine rings is 1. The van der Waals surface area contributed by atoms with Crippen LogP contribution in [0.3, 0.4) is 0 Å². The molecule has 11 heteroatoms. The number of thiocarbonyl (C=S) groups is 1. The van der Waals surface area contributed by atoms with Gasteiger partial charge in [0.15, 0.2) is 5.11 Å². The maximum absolute atomic E-state index is 12.8. The summed E-state index contributed by atoms with van der Waals surface area (Å²) in [6.07, 6.45) is 1.05. The largest absolute Gasteiger partial charge is 0.348 e. The van der Waals surface area contributed by atoms with Gasteiger partial charge in [-0.1, -0.05) is 6.07 Å². The molecule has 2 atom stereocenters. The molecule has 1 fully saturated rings. The first-order valence-electron chi connectivity index (χ1n) is 11.4. The van der Waals surface area contributed by atoms with Crippen LogP contribution < -0.4 is 15.6 Å². The number of aromatic nitrogens is 3. The van der Waals surface area contributed by atoms with Crippen LogP contribution in [-0.2, 0) is 16.6 Å². The molecule has 0 amide bonds. The van der Waals surface area contributed by atoms with Crippen molar-refractivity contribution in [1.82, 2.24) is 19.4 Å². The van der Waals surface area contributed by atoms with Crippen LogP contribution in [0.15, 0.2) is 58.2 Å². The van der Waals surface area contributed by atoms with Gasteiger partial charge in [0.25, 0.3) is 15.6 Å². The highest BCUT2D eigenvalue weighted by Crippen LogP contribution is 2.35. The average Bonchev–Trinajstić information content (AvgIpc) is 2.79. The fourth-order valence-electron chi connectivity index (χ4n) is 4.93. The van der Waals surface area contributed by atoms with Crippen LogP contribution in [0.25, 0.3) is 0 Å². The van der Waals surface area contributed by atoms with Crippen molar-refractivity contribution < 1.29 is 8.42 Å². The lowest BCUT2D eigenvalue weighted by atomic mass is 9.83. The third-order valence-corrected chi connectivity index (χ3v) is 8.10. The monoisotopic (exact) mass is 510 g/mol. The van der Waals surface area contributed by atoms with Crippen molar-refractivity contribution >= 4 is 39.0 Å². The number of likely N-dealkylation sites (tertiary alicyclic amines) is 1. The summed E-state index contributed by atoms with van der Waals surface area (Å²) < 4.78 is 29.9. The summed E-state index contributed by atoms with van der Waals surface area (Å²) in [6.45, 7) is 5.77. The SMILES string of the molecule is Cc1cc(C)nc(NS(=O)(=O)c2ccc(NC(=S)N3C[C@@H]4C[C@@H](C3)c3cccc(=O)n3C4)cc2)n1. The Morgan fingerprint density at radius 2 is 1.74 bits per heavy atom. The van der Waals surface area contributed by atoms with E-state index in [-0.39, 0.29) is 22.3 Å². The van der Waals surface area contributed by atoms with Gasteiger partial charge in [0.05, 0.1) is 4.90 Å². The number of hydrogen-bond acceptors (Lipinski definition) is 6. The molecule has 2 aliphatic heterocycles. The molecule has 0 radical (unpaired) electrons. The van der Waals surface area contributed by atoms with E-state index in [0.717, 1.165) is 25.2 Å². The average molecular weight is 511 g/mol. The van der Waals surface area contributed by atoms with Crippen molar-refractivity contribution in [1.29, 1.82) is 0 Å². The van der Waals surface area contributed by atoms with Crippen molar-refractivity contribution in [2.45, 2.75) is 37.6 Å². The fourth-order valence-corrected chi connectivity index (χ4v) is 6.14. The standard InChI is InChI=1S/C24H26N6O3S2/c1-15-10-16(2)26-23(25-15)28-35(32,33)20-8-6-19(7-9-20)27-24(34)29-12-17-11-18(14-29)21-4-3-5-22(31)30(21)13-17/h3-10,17-18H,11-14H2,1-2H3,(H,27,34)(H,25,26,28)/t17-,18-/m0/s1. The molecule has 5 rings (SSSR count). The zero-order chi connectivity index (χ0) is 24.7. The lowest BCUT2D eigenvalue weighted by Crippen LogP contribution is -2.50. The number of fused-ring (bicyclic) bond motifs is 4. The molecule has 2 N–H and O–H groups in total. The van der Waals surface area contributed by atoms with Crippen LogP contribution in [0.5, 0.6) is 0 Å². The maximum atomic E-state index is 12.8. The number of hydrogen-bond donors (Lipinski definition) is 2. The molecular weight excluding hydrogens is 484 g/mol. The van der Waals surface area contributed by atoms with Gasteiger partial charge in [-0.2, -0.15) is 0 Å². The van der Waals surface area contributed by atoms with E-state index < -0.39 is 10.0 Å². The minimum absolute atomic E-state index is 0.0466. The first-order chi connectivity index (χ1) is 16.7. The van der Waals surface area contributed by atoms with E-state index in [4.69, 9.17) is 12.2 Å². The van der Waals surface area contributed by atoms with Gasteiger partial charge < -0.3 is 14.8 Å². The molecule has 9 nitrogen and oxygen atoms in total. The highest BCUT2D eigenvalue weighted by Gasteiger charge is 2.35. The first kappa shape index (κ1) is 23.4. The zero-order valence-corrected chi connectivity index (χ0v) is 21.1. The molecule has 0 unspecified atom stereocenters. The molecule has 1 saturated heterocycles. The number of nitrogens with zero attached hydrogens (tertiary/aromatic N) is 4. The Bertz CT molecular complexity index is 1430. The number of benzene rings is 1. The summed E-state index contributed by atoms with van der Waals surface area (Å²) in [7, 11) is -3.83. The quantitative estimate of drug-likeness (QED) is 0.516. The van der Waals surface area contributed by atoms with Crippen LogP contribution in [0.2, 0.25) is 0 Å². The number of nitrogens with one attached hydrogen (secondary N) is 2. The van der Waals surface area contributed by atoms with E-state index in [1.807, 2.05) is 16.7 Å². The second-order valence-electron chi connectivity index (χ2n) is 9.14. The van der Waals surface area contributed by atoms with Gasteiger partial charge in [-0.15, -0.1) is 0 Å². The lowest BCUT2D eigenvalue weighted by Gasteiger charge is -2.43. The fraction of sp³-hybridized carbons (Fsp3) is 0.333. The molecule has 2 aromatic heterocycles. The molecule has 0 saturated carbocycles. The highest BCUT2D eigenvalue weighted by atomic mass is 32.2. The van der Waals surface area contributed by atoms with Crippen molar-refractivity contribution in [3.63, 3.8) is 0 Å². The Morgan fingerprint density at radius 3 is 2.46 bits per heavy atom. The van der Waals surface area contributed by atoms with Crippen molar-refractivity contribution in [3.8, 4) is 0 Å². The summed E-state index contributed by atoms with van der Waals surface area (Å²) in [6, 6.07) is 13.6. The number of aryl methyl sites for hydroxylation is 2. The number of sulfonamides is 1. The van der Waals surface area contributed by atoms with Gasteiger partial charge >= 0.3 is 0 Å². The van der Waals surface area contributed by atoms with Crippen LogP contribution in [0.1, 0.15) is 29.4 Å². The highest BCUT2D eigenvalue weighted by molar-refractivity contribution is 7.92. The van der Waals surface area contributed by atoms with Crippen LogP contribution in [0, 0.1) is 19.8 Å². The second-order valence-corrected chi connectivity index (χ2v) is 11.2. The van der Waals surface area contributed by atoms with Gasteiger partial charge in [0.2, 0.25) is 5.95 Å². The molecule has 0 aliphatic carbocycles. The Hall–Kier alpha value is -3.31. The minimum atomic E-state index is -3.83. The topological polar surface area (TPSA) is 109 Å².